The van der Waals surface area contributed by atoms with Crippen LogP contribution in [0.2, 0.25) is 0 Å². The molecule has 0 saturated carbocycles. The third-order valence-corrected chi connectivity index (χ3v) is 3.13. The molecule has 0 amide bonds. The van der Waals surface area contributed by atoms with E-state index >= 15 is 0 Å². The molecule has 7 nitrogen and oxygen atoms in total. The lowest BCUT2D eigenvalue weighted by atomic mass is 10.2. The van der Waals surface area contributed by atoms with Crippen LogP contribution in [0.15, 0.2) is 29.6 Å². The van der Waals surface area contributed by atoms with Crippen molar-refractivity contribution in [3.8, 4) is 0 Å². The molecule has 0 fully saturated rings. The molecule has 0 atom stereocenters. The van der Waals surface area contributed by atoms with Crippen molar-refractivity contribution < 1.29 is 0 Å². The van der Waals surface area contributed by atoms with Gasteiger partial charge in [-0.25, -0.2) is 4.99 Å². The maximum Gasteiger partial charge on any atom is 0.191 e. The zero-order chi connectivity index (χ0) is 15.1. The summed E-state index contributed by atoms with van der Waals surface area (Å²) in [6.45, 7) is 4.33. The van der Waals surface area contributed by atoms with Gasteiger partial charge in [0.1, 0.15) is 0 Å². The van der Waals surface area contributed by atoms with Gasteiger partial charge in [0, 0.05) is 39.6 Å². The second kappa shape index (κ2) is 9.44. The van der Waals surface area contributed by atoms with Gasteiger partial charge in [0.15, 0.2) is 5.96 Å². The maximum atomic E-state index is 4.57. The van der Waals surface area contributed by atoms with E-state index in [4.69, 9.17) is 0 Å². The van der Waals surface area contributed by atoms with Crippen LogP contribution < -0.4 is 10.6 Å². The van der Waals surface area contributed by atoms with Crippen LogP contribution in [0.25, 0.3) is 0 Å². The number of guanidine groups is 1. The van der Waals surface area contributed by atoms with Gasteiger partial charge in [-0.2, -0.15) is 10.2 Å². The average Bonchev–Trinajstić information content (AvgIpc) is 3.05. The highest BCUT2D eigenvalue weighted by Gasteiger charge is 2.01. The fourth-order valence-electron chi connectivity index (χ4n) is 1.98. The lowest BCUT2D eigenvalue weighted by Crippen LogP contribution is -2.38. The van der Waals surface area contributed by atoms with Gasteiger partial charge < -0.3 is 10.6 Å². The standard InChI is InChI=1S/C14H23N7.HI/c1-4-15-14(17-10-13-6-8-18-21(13)3)16-7-5-12-9-19-20(2)11-12;/h6,8-9,11H,4-5,7,10H2,1-3H3,(H2,15,16,17);1H. The molecule has 0 unspecified atom stereocenters. The summed E-state index contributed by atoms with van der Waals surface area (Å²) in [7, 11) is 3.85. The molecule has 0 aliphatic rings. The number of aryl methyl sites for hydroxylation is 2. The van der Waals surface area contributed by atoms with Crippen LogP contribution in [0, 0.1) is 0 Å². The molecule has 0 saturated heterocycles. The highest BCUT2D eigenvalue weighted by molar-refractivity contribution is 14.0. The van der Waals surface area contributed by atoms with E-state index < -0.39 is 0 Å². The van der Waals surface area contributed by atoms with Gasteiger partial charge in [0.2, 0.25) is 0 Å². The van der Waals surface area contributed by atoms with Crippen LogP contribution in [-0.4, -0.2) is 38.6 Å². The van der Waals surface area contributed by atoms with Crippen molar-refractivity contribution in [3.05, 3.63) is 35.9 Å². The monoisotopic (exact) mass is 417 g/mol. The molecule has 2 aromatic rings. The number of rotatable bonds is 6. The van der Waals surface area contributed by atoms with E-state index in [0.29, 0.717) is 6.54 Å². The summed E-state index contributed by atoms with van der Waals surface area (Å²) in [4.78, 5) is 4.57. The fourth-order valence-corrected chi connectivity index (χ4v) is 1.98. The van der Waals surface area contributed by atoms with Crippen LogP contribution in [-0.2, 0) is 27.1 Å². The number of aromatic nitrogens is 4. The summed E-state index contributed by atoms with van der Waals surface area (Å²) in [5, 5.41) is 14.9. The molecule has 0 aliphatic carbocycles. The van der Waals surface area contributed by atoms with Gasteiger partial charge in [-0.15, -0.1) is 24.0 Å². The van der Waals surface area contributed by atoms with Crippen LogP contribution in [0.5, 0.6) is 0 Å². The molecule has 2 rings (SSSR count). The molecular formula is C14H24IN7. The molecule has 0 aromatic carbocycles. The van der Waals surface area contributed by atoms with Gasteiger partial charge in [0.05, 0.1) is 18.4 Å². The van der Waals surface area contributed by atoms with Crippen molar-refractivity contribution in [2.75, 3.05) is 13.1 Å². The number of hydrogen-bond donors (Lipinski definition) is 2. The molecule has 0 bridgehead atoms. The van der Waals surface area contributed by atoms with E-state index in [1.807, 2.05) is 41.9 Å². The van der Waals surface area contributed by atoms with Crippen molar-refractivity contribution in [1.82, 2.24) is 30.2 Å². The quantitative estimate of drug-likeness (QED) is 0.419. The van der Waals surface area contributed by atoms with Crippen molar-refractivity contribution >= 4 is 29.9 Å². The van der Waals surface area contributed by atoms with Crippen LogP contribution >= 0.6 is 24.0 Å². The average molecular weight is 417 g/mol. The van der Waals surface area contributed by atoms with Crippen LogP contribution in [0.4, 0.5) is 0 Å². The predicted molar refractivity (Wildman–Crippen MR) is 98.4 cm³/mol. The first kappa shape index (κ1) is 18.5. The Morgan fingerprint density at radius 3 is 2.68 bits per heavy atom. The van der Waals surface area contributed by atoms with Gasteiger partial charge in [-0.05, 0) is 25.0 Å². The molecule has 2 heterocycles. The van der Waals surface area contributed by atoms with Gasteiger partial charge in [0.25, 0.3) is 0 Å². The Morgan fingerprint density at radius 1 is 1.27 bits per heavy atom. The predicted octanol–water partition coefficient (Wildman–Crippen LogP) is 1.07. The zero-order valence-electron chi connectivity index (χ0n) is 13.3. The number of aliphatic imine (C=N–C) groups is 1. The molecule has 0 spiro atoms. The van der Waals surface area contributed by atoms with Crippen molar-refractivity contribution in [1.29, 1.82) is 0 Å². The van der Waals surface area contributed by atoms with Gasteiger partial charge in [-0.3, -0.25) is 9.36 Å². The minimum Gasteiger partial charge on any atom is -0.357 e. The van der Waals surface area contributed by atoms with E-state index in [9.17, 15) is 0 Å². The van der Waals surface area contributed by atoms with E-state index in [0.717, 1.165) is 31.2 Å². The number of halogens is 1. The van der Waals surface area contributed by atoms with Gasteiger partial charge >= 0.3 is 0 Å². The molecular weight excluding hydrogens is 393 g/mol. The van der Waals surface area contributed by atoms with Crippen molar-refractivity contribution in [3.63, 3.8) is 0 Å². The first-order valence-electron chi connectivity index (χ1n) is 7.15. The normalized spacial score (nSPS) is 11.1. The largest absolute Gasteiger partial charge is 0.357 e. The third kappa shape index (κ3) is 5.66. The Balaban J connectivity index is 0.00000242. The first-order valence-corrected chi connectivity index (χ1v) is 7.15. The summed E-state index contributed by atoms with van der Waals surface area (Å²) in [5.41, 5.74) is 2.30. The Labute approximate surface area is 148 Å². The molecule has 0 radical (unpaired) electrons. The zero-order valence-corrected chi connectivity index (χ0v) is 15.6. The summed E-state index contributed by atoms with van der Waals surface area (Å²) in [6.07, 6.45) is 6.63. The van der Waals surface area contributed by atoms with E-state index in [2.05, 4.69) is 32.7 Å². The summed E-state index contributed by atoms with van der Waals surface area (Å²) >= 11 is 0. The van der Waals surface area contributed by atoms with Crippen LogP contribution in [0.3, 0.4) is 0 Å². The molecule has 2 N–H and O–H groups in total. The second-order valence-electron chi connectivity index (χ2n) is 4.84. The topological polar surface area (TPSA) is 72.1 Å². The number of hydrogen-bond acceptors (Lipinski definition) is 3. The molecule has 0 aliphatic heterocycles. The summed E-state index contributed by atoms with van der Waals surface area (Å²) < 4.78 is 3.65. The molecule has 122 valence electrons. The Hall–Kier alpha value is -1.58. The lowest BCUT2D eigenvalue weighted by Gasteiger charge is -2.10. The minimum atomic E-state index is 0. The van der Waals surface area contributed by atoms with E-state index in [-0.39, 0.29) is 24.0 Å². The molecule has 22 heavy (non-hydrogen) atoms. The first-order chi connectivity index (χ1) is 10.2. The minimum absolute atomic E-state index is 0. The lowest BCUT2D eigenvalue weighted by molar-refractivity contribution is 0.707. The highest BCUT2D eigenvalue weighted by Crippen LogP contribution is 1.98. The van der Waals surface area contributed by atoms with Crippen LogP contribution in [0.1, 0.15) is 18.2 Å². The summed E-state index contributed by atoms with van der Waals surface area (Å²) in [5.74, 6) is 0.822. The Morgan fingerprint density at radius 2 is 2.09 bits per heavy atom. The smallest absolute Gasteiger partial charge is 0.191 e. The van der Waals surface area contributed by atoms with E-state index in [1.165, 1.54) is 5.56 Å². The van der Waals surface area contributed by atoms with Crippen molar-refractivity contribution in [2.24, 2.45) is 19.1 Å². The highest BCUT2D eigenvalue weighted by atomic mass is 127. The molecule has 8 heteroatoms. The summed E-state index contributed by atoms with van der Waals surface area (Å²) in [6, 6.07) is 1.97. The molecule has 2 aromatic heterocycles. The van der Waals surface area contributed by atoms with E-state index in [1.54, 1.807) is 6.20 Å². The third-order valence-electron chi connectivity index (χ3n) is 3.13. The SMILES string of the molecule is CCNC(=NCc1ccnn1C)NCCc1cnn(C)c1.I. The Bertz CT molecular complexity index is 588. The number of nitrogens with one attached hydrogen (secondary N) is 2. The Kier molecular flexibility index (Phi) is 7.92. The fraction of sp³-hybridized carbons (Fsp3) is 0.500. The van der Waals surface area contributed by atoms with Gasteiger partial charge in [-0.1, -0.05) is 0 Å². The van der Waals surface area contributed by atoms with Crippen molar-refractivity contribution in [2.45, 2.75) is 19.9 Å². The number of nitrogens with zero attached hydrogens (tertiary/aromatic N) is 5. The maximum absolute atomic E-state index is 4.57. The second-order valence-corrected chi connectivity index (χ2v) is 4.84.